The predicted molar refractivity (Wildman–Crippen MR) is 121 cm³/mol. The molecule has 154 valence electrons. The normalized spacial score (nSPS) is 28.8. The molecule has 1 N–H and O–H groups in total. The standard InChI is InChI=1S/C27H24N2O2/c30-20-11-9-19(10-12-20)25-17-22(18-6-2-1-3-7-18)23-8-4-5-15-27(23)28-24-14-13-21(31)16-26(24)29(25)27/h1-3,6-7,9-14,16-17,22-23,30H,4-5,8,15H2/t22-,23+,27+/m0/s1. The van der Waals surface area contributed by atoms with Crippen LogP contribution in [0.25, 0.3) is 5.70 Å². The van der Waals surface area contributed by atoms with Crippen LogP contribution < -0.4 is 0 Å². The molecule has 4 aliphatic rings. The zero-order chi connectivity index (χ0) is 21.0. The SMILES string of the molecule is O=C1C=CC2=N[C@@]34CCCC[C@@H]3[C@H](c3ccccc3)C=C(c3ccc(O)cc3)N4C2=C1. The smallest absolute Gasteiger partial charge is 0.180 e. The van der Waals surface area contributed by atoms with E-state index in [4.69, 9.17) is 4.99 Å². The first-order valence-electron chi connectivity index (χ1n) is 11.1. The van der Waals surface area contributed by atoms with Crippen molar-refractivity contribution >= 4 is 17.2 Å². The van der Waals surface area contributed by atoms with Crippen molar-refractivity contribution in [2.45, 2.75) is 37.3 Å². The zero-order valence-electron chi connectivity index (χ0n) is 17.2. The molecular formula is C27H24N2O2. The number of fused-ring (bicyclic) bond motifs is 2. The summed E-state index contributed by atoms with van der Waals surface area (Å²) in [4.78, 5) is 20.0. The number of phenols is 1. The van der Waals surface area contributed by atoms with Crippen molar-refractivity contribution in [2.24, 2.45) is 10.9 Å². The van der Waals surface area contributed by atoms with Crippen LogP contribution in [0.2, 0.25) is 0 Å². The van der Waals surface area contributed by atoms with Gasteiger partial charge in [0.2, 0.25) is 0 Å². The van der Waals surface area contributed by atoms with Crippen LogP contribution in [-0.4, -0.2) is 27.2 Å². The minimum Gasteiger partial charge on any atom is -0.508 e. The van der Waals surface area contributed by atoms with Gasteiger partial charge in [0.05, 0.1) is 11.4 Å². The molecule has 0 unspecified atom stereocenters. The first-order chi connectivity index (χ1) is 15.2. The van der Waals surface area contributed by atoms with Crippen LogP contribution in [0, 0.1) is 5.92 Å². The molecular weight excluding hydrogens is 384 g/mol. The number of rotatable bonds is 2. The highest BCUT2D eigenvalue weighted by Gasteiger charge is 2.56. The number of carbonyl (C=O) groups is 1. The average molecular weight is 409 g/mol. The molecule has 0 saturated heterocycles. The first kappa shape index (κ1) is 18.4. The van der Waals surface area contributed by atoms with E-state index in [-0.39, 0.29) is 23.1 Å². The molecule has 1 fully saturated rings. The molecule has 31 heavy (non-hydrogen) atoms. The third kappa shape index (κ3) is 2.74. The summed E-state index contributed by atoms with van der Waals surface area (Å²) in [5.74, 6) is 0.838. The molecule has 2 aliphatic carbocycles. The Morgan fingerprint density at radius 2 is 1.77 bits per heavy atom. The Morgan fingerprint density at radius 1 is 0.968 bits per heavy atom. The van der Waals surface area contributed by atoms with Crippen LogP contribution in [0.1, 0.15) is 42.7 Å². The quantitative estimate of drug-likeness (QED) is 0.695. The fourth-order valence-electron chi connectivity index (χ4n) is 5.85. The largest absolute Gasteiger partial charge is 0.508 e. The van der Waals surface area contributed by atoms with Crippen molar-refractivity contribution in [1.29, 1.82) is 0 Å². The Kier molecular flexibility index (Phi) is 4.04. The van der Waals surface area contributed by atoms with Crippen LogP contribution in [-0.2, 0) is 4.79 Å². The van der Waals surface area contributed by atoms with Gasteiger partial charge in [0.15, 0.2) is 5.78 Å². The lowest BCUT2D eigenvalue weighted by Crippen LogP contribution is -2.54. The van der Waals surface area contributed by atoms with E-state index in [1.54, 1.807) is 24.3 Å². The van der Waals surface area contributed by atoms with E-state index in [1.165, 1.54) is 12.0 Å². The van der Waals surface area contributed by atoms with Gasteiger partial charge < -0.3 is 10.0 Å². The summed E-state index contributed by atoms with van der Waals surface area (Å²) in [6.45, 7) is 0. The lowest BCUT2D eigenvalue weighted by Gasteiger charge is -2.53. The van der Waals surface area contributed by atoms with Gasteiger partial charge in [0.25, 0.3) is 0 Å². The summed E-state index contributed by atoms with van der Waals surface area (Å²) in [7, 11) is 0. The van der Waals surface area contributed by atoms with Gasteiger partial charge in [0.1, 0.15) is 11.4 Å². The molecule has 0 aromatic heterocycles. The molecule has 2 aromatic rings. The van der Waals surface area contributed by atoms with E-state index >= 15 is 0 Å². The Bertz CT molecular complexity index is 1170. The second-order valence-electron chi connectivity index (χ2n) is 8.86. The van der Waals surface area contributed by atoms with Crippen molar-refractivity contribution < 1.29 is 9.90 Å². The summed E-state index contributed by atoms with van der Waals surface area (Å²) in [6.07, 6.45) is 12.0. The van der Waals surface area contributed by atoms with Gasteiger partial charge in [0, 0.05) is 23.6 Å². The highest BCUT2D eigenvalue weighted by molar-refractivity contribution is 6.21. The summed E-state index contributed by atoms with van der Waals surface area (Å²) in [6, 6.07) is 18.1. The average Bonchev–Trinajstić information content (AvgIpc) is 3.12. The van der Waals surface area contributed by atoms with Crippen molar-refractivity contribution in [2.75, 3.05) is 0 Å². The molecule has 2 aliphatic heterocycles. The van der Waals surface area contributed by atoms with Crippen molar-refractivity contribution in [3.63, 3.8) is 0 Å². The van der Waals surface area contributed by atoms with Gasteiger partial charge >= 0.3 is 0 Å². The Labute approximate surface area is 181 Å². The molecule has 2 aromatic carbocycles. The number of hydrogen-bond donors (Lipinski definition) is 1. The van der Waals surface area contributed by atoms with Crippen molar-refractivity contribution in [3.8, 4) is 5.75 Å². The van der Waals surface area contributed by atoms with E-state index in [2.05, 4.69) is 41.3 Å². The molecule has 4 heteroatoms. The Hall–Kier alpha value is -3.40. The number of carbonyl (C=O) groups excluding carboxylic acids is 1. The number of benzene rings is 2. The van der Waals surface area contributed by atoms with Crippen molar-refractivity contribution in [3.05, 3.63) is 95.7 Å². The third-order valence-corrected chi connectivity index (χ3v) is 7.15. The molecule has 0 radical (unpaired) electrons. The summed E-state index contributed by atoms with van der Waals surface area (Å²) in [5.41, 5.74) is 4.84. The highest BCUT2D eigenvalue weighted by atomic mass is 16.3. The van der Waals surface area contributed by atoms with Gasteiger partial charge in [-0.05, 0) is 66.8 Å². The fraction of sp³-hybridized carbons (Fsp3) is 0.259. The number of phenolic OH excluding ortho intramolecular Hbond substituents is 1. The summed E-state index contributed by atoms with van der Waals surface area (Å²) < 4.78 is 0. The van der Waals surface area contributed by atoms with E-state index < -0.39 is 0 Å². The first-order valence-corrected chi connectivity index (χ1v) is 11.1. The van der Waals surface area contributed by atoms with Crippen LogP contribution in [0.15, 0.2) is 89.6 Å². The number of hydrogen-bond acceptors (Lipinski definition) is 4. The minimum absolute atomic E-state index is 0.00796. The molecule has 4 nitrogen and oxygen atoms in total. The molecule has 0 amide bonds. The minimum atomic E-state index is -0.378. The van der Waals surface area contributed by atoms with E-state index in [9.17, 15) is 9.90 Å². The van der Waals surface area contributed by atoms with Gasteiger partial charge in [-0.3, -0.25) is 9.79 Å². The second-order valence-corrected chi connectivity index (χ2v) is 8.86. The maximum Gasteiger partial charge on any atom is 0.180 e. The number of aromatic hydroxyl groups is 1. The third-order valence-electron chi connectivity index (χ3n) is 7.15. The molecule has 1 saturated carbocycles. The lowest BCUT2D eigenvalue weighted by molar-refractivity contribution is -0.110. The second kappa shape index (κ2) is 6.81. The number of aliphatic imine (C=N–C) groups is 1. The number of allylic oxidation sites excluding steroid dienone is 4. The van der Waals surface area contributed by atoms with Crippen LogP contribution in [0.3, 0.4) is 0 Å². The van der Waals surface area contributed by atoms with Gasteiger partial charge in [-0.2, -0.15) is 0 Å². The monoisotopic (exact) mass is 408 g/mol. The summed E-state index contributed by atoms with van der Waals surface area (Å²) in [5, 5.41) is 9.86. The molecule has 3 atom stereocenters. The van der Waals surface area contributed by atoms with Crippen LogP contribution >= 0.6 is 0 Å². The van der Waals surface area contributed by atoms with Gasteiger partial charge in [-0.1, -0.05) is 42.8 Å². The summed E-state index contributed by atoms with van der Waals surface area (Å²) >= 11 is 0. The number of ketones is 1. The topological polar surface area (TPSA) is 52.9 Å². The number of nitrogens with zero attached hydrogens (tertiary/aromatic N) is 2. The maximum atomic E-state index is 12.3. The predicted octanol–water partition coefficient (Wildman–Crippen LogP) is 5.20. The van der Waals surface area contributed by atoms with Crippen LogP contribution in [0.5, 0.6) is 5.75 Å². The van der Waals surface area contributed by atoms with E-state index in [0.29, 0.717) is 5.92 Å². The Balaban J connectivity index is 1.61. The van der Waals surface area contributed by atoms with Gasteiger partial charge in [-0.25, -0.2) is 0 Å². The molecule has 2 heterocycles. The fourth-order valence-corrected chi connectivity index (χ4v) is 5.85. The molecule has 0 bridgehead atoms. The zero-order valence-corrected chi connectivity index (χ0v) is 17.2. The molecule has 6 rings (SSSR count). The van der Waals surface area contributed by atoms with Crippen LogP contribution in [0.4, 0.5) is 0 Å². The van der Waals surface area contributed by atoms with E-state index in [1.807, 2.05) is 18.2 Å². The highest BCUT2D eigenvalue weighted by Crippen LogP contribution is 2.57. The lowest BCUT2D eigenvalue weighted by atomic mass is 9.66. The maximum absolute atomic E-state index is 12.3. The van der Waals surface area contributed by atoms with Crippen molar-refractivity contribution in [1.82, 2.24) is 4.90 Å². The Morgan fingerprint density at radius 3 is 2.58 bits per heavy atom. The van der Waals surface area contributed by atoms with Gasteiger partial charge in [-0.15, -0.1) is 0 Å². The molecule has 1 spiro atoms. The van der Waals surface area contributed by atoms with E-state index in [0.717, 1.165) is 41.9 Å².